The van der Waals surface area contributed by atoms with E-state index in [0.29, 0.717) is 16.6 Å². The van der Waals surface area contributed by atoms with Crippen molar-refractivity contribution in [3.8, 4) is 11.4 Å². The fraction of sp³-hybridized carbons (Fsp3) is 0.0435. The Bertz CT molecular complexity index is 1400. The quantitative estimate of drug-likeness (QED) is 0.321. The van der Waals surface area contributed by atoms with E-state index in [1.54, 1.807) is 16.6 Å². The summed E-state index contributed by atoms with van der Waals surface area (Å²) in [6.45, 7) is 0. The number of fused-ring (bicyclic) bond motifs is 3. The highest BCUT2D eigenvalue weighted by atomic mass is 32.2. The maximum absolute atomic E-state index is 13.8. The van der Waals surface area contributed by atoms with Gasteiger partial charge in [-0.2, -0.15) is 4.52 Å². The van der Waals surface area contributed by atoms with Crippen molar-refractivity contribution in [1.82, 2.24) is 19.6 Å². The van der Waals surface area contributed by atoms with E-state index < -0.39 is 5.82 Å². The summed E-state index contributed by atoms with van der Waals surface area (Å²) < 4.78 is 15.5. The van der Waals surface area contributed by atoms with Crippen LogP contribution < -0.4 is 5.32 Å². The highest BCUT2D eigenvalue weighted by Crippen LogP contribution is 2.26. The second-order valence-corrected chi connectivity index (χ2v) is 7.71. The highest BCUT2D eigenvalue weighted by Gasteiger charge is 2.16. The zero-order valence-electron chi connectivity index (χ0n) is 16.2. The van der Waals surface area contributed by atoms with Gasteiger partial charge in [0, 0.05) is 10.9 Å². The van der Waals surface area contributed by atoms with Crippen molar-refractivity contribution >= 4 is 39.9 Å². The smallest absolute Gasteiger partial charge is 0.234 e. The standard InChI is InChI=1S/C23H16FN5OS/c24-17-11-5-7-13-19(17)25-20(30)14-31-23-26-18-12-6-4-10-16(18)22-27-21(28-29(22)23)15-8-2-1-3-9-15/h1-13H,14H2,(H,25,30). The molecule has 0 unspecified atom stereocenters. The number of para-hydroxylation sites is 2. The number of anilines is 1. The summed E-state index contributed by atoms with van der Waals surface area (Å²) in [7, 11) is 0. The zero-order valence-corrected chi connectivity index (χ0v) is 17.0. The molecule has 0 spiro atoms. The molecule has 2 aromatic heterocycles. The Morgan fingerprint density at radius 2 is 1.68 bits per heavy atom. The van der Waals surface area contributed by atoms with Gasteiger partial charge in [-0.15, -0.1) is 5.10 Å². The zero-order chi connectivity index (χ0) is 21.2. The maximum Gasteiger partial charge on any atom is 0.234 e. The average molecular weight is 429 g/mol. The summed E-state index contributed by atoms with van der Waals surface area (Å²) in [5.41, 5.74) is 2.47. The Hall–Kier alpha value is -3.78. The van der Waals surface area contributed by atoms with Crippen LogP contribution in [0.15, 0.2) is 84.0 Å². The average Bonchev–Trinajstić information content (AvgIpc) is 3.26. The number of benzene rings is 3. The topological polar surface area (TPSA) is 72.2 Å². The van der Waals surface area contributed by atoms with Crippen molar-refractivity contribution in [3.05, 3.63) is 84.7 Å². The predicted molar refractivity (Wildman–Crippen MR) is 119 cm³/mol. The van der Waals surface area contributed by atoms with Crippen LogP contribution >= 0.6 is 11.8 Å². The molecule has 3 aromatic carbocycles. The number of carbonyl (C=O) groups is 1. The molecule has 5 aromatic rings. The van der Waals surface area contributed by atoms with Gasteiger partial charge in [0.25, 0.3) is 0 Å². The van der Waals surface area contributed by atoms with E-state index in [4.69, 9.17) is 4.98 Å². The fourth-order valence-electron chi connectivity index (χ4n) is 3.21. The predicted octanol–water partition coefficient (Wildman–Crippen LogP) is 4.81. The molecule has 0 fully saturated rings. The Morgan fingerprint density at radius 1 is 0.935 bits per heavy atom. The van der Waals surface area contributed by atoms with Crippen LogP contribution in [0.5, 0.6) is 0 Å². The monoisotopic (exact) mass is 429 g/mol. The summed E-state index contributed by atoms with van der Waals surface area (Å²) in [5, 5.41) is 8.64. The molecule has 0 bridgehead atoms. The summed E-state index contributed by atoms with van der Waals surface area (Å²) in [4.78, 5) is 21.8. The van der Waals surface area contributed by atoms with Gasteiger partial charge < -0.3 is 5.32 Å². The van der Waals surface area contributed by atoms with Crippen molar-refractivity contribution in [2.75, 3.05) is 11.1 Å². The first-order valence-corrected chi connectivity index (χ1v) is 10.6. The van der Waals surface area contributed by atoms with E-state index >= 15 is 0 Å². The number of hydrogen-bond acceptors (Lipinski definition) is 5. The van der Waals surface area contributed by atoms with Gasteiger partial charge in [0.15, 0.2) is 16.6 Å². The molecule has 5 rings (SSSR count). The highest BCUT2D eigenvalue weighted by molar-refractivity contribution is 7.99. The third kappa shape index (κ3) is 3.85. The Labute approximate surface area is 181 Å². The van der Waals surface area contributed by atoms with Crippen LogP contribution in [-0.2, 0) is 4.79 Å². The van der Waals surface area contributed by atoms with Crippen LogP contribution in [0.4, 0.5) is 10.1 Å². The van der Waals surface area contributed by atoms with E-state index in [0.717, 1.165) is 16.5 Å². The van der Waals surface area contributed by atoms with Crippen LogP contribution in [0.25, 0.3) is 27.9 Å². The van der Waals surface area contributed by atoms with Gasteiger partial charge in [-0.1, -0.05) is 66.4 Å². The molecule has 0 aliphatic heterocycles. The fourth-order valence-corrected chi connectivity index (χ4v) is 3.96. The van der Waals surface area contributed by atoms with Crippen LogP contribution in [0.1, 0.15) is 0 Å². The molecule has 0 aliphatic carbocycles. The normalized spacial score (nSPS) is 11.1. The second kappa shape index (κ2) is 8.16. The van der Waals surface area contributed by atoms with Crippen LogP contribution in [0, 0.1) is 5.82 Å². The third-order valence-electron chi connectivity index (χ3n) is 4.66. The summed E-state index contributed by atoms with van der Waals surface area (Å²) >= 11 is 1.22. The maximum atomic E-state index is 13.8. The SMILES string of the molecule is O=C(CSc1nc2ccccc2c2nc(-c3ccccc3)nn12)Nc1ccccc1F. The number of halogens is 1. The van der Waals surface area contributed by atoms with Gasteiger partial charge >= 0.3 is 0 Å². The third-order valence-corrected chi connectivity index (χ3v) is 5.59. The van der Waals surface area contributed by atoms with E-state index in [-0.39, 0.29) is 17.3 Å². The molecular formula is C23H16FN5OS. The second-order valence-electron chi connectivity index (χ2n) is 6.77. The molecule has 0 saturated heterocycles. The Balaban J connectivity index is 1.49. The van der Waals surface area contributed by atoms with E-state index in [1.165, 1.54) is 23.9 Å². The first kappa shape index (κ1) is 19.2. The Kier molecular flexibility index (Phi) is 5.05. The molecule has 8 heteroatoms. The molecule has 152 valence electrons. The Morgan fingerprint density at radius 3 is 2.52 bits per heavy atom. The molecule has 6 nitrogen and oxygen atoms in total. The lowest BCUT2D eigenvalue weighted by molar-refractivity contribution is -0.113. The van der Waals surface area contributed by atoms with Gasteiger partial charge in [0.05, 0.1) is 17.0 Å². The van der Waals surface area contributed by atoms with Crippen molar-refractivity contribution in [3.63, 3.8) is 0 Å². The molecule has 0 atom stereocenters. The van der Waals surface area contributed by atoms with Crippen LogP contribution in [-0.4, -0.2) is 31.2 Å². The molecule has 0 aliphatic rings. The van der Waals surface area contributed by atoms with Gasteiger partial charge in [-0.3, -0.25) is 4.79 Å². The lowest BCUT2D eigenvalue weighted by Crippen LogP contribution is -2.15. The minimum absolute atomic E-state index is 0.0509. The van der Waals surface area contributed by atoms with Crippen molar-refractivity contribution < 1.29 is 9.18 Å². The number of nitrogens with zero attached hydrogens (tertiary/aromatic N) is 4. The van der Waals surface area contributed by atoms with Gasteiger partial charge in [0.1, 0.15) is 5.82 Å². The van der Waals surface area contributed by atoms with Crippen molar-refractivity contribution in [2.24, 2.45) is 0 Å². The van der Waals surface area contributed by atoms with Crippen molar-refractivity contribution in [1.29, 1.82) is 0 Å². The van der Waals surface area contributed by atoms with E-state index in [9.17, 15) is 9.18 Å². The van der Waals surface area contributed by atoms with Gasteiger partial charge in [-0.05, 0) is 24.3 Å². The molecule has 31 heavy (non-hydrogen) atoms. The number of carbonyl (C=O) groups excluding carboxylic acids is 1. The lowest BCUT2D eigenvalue weighted by atomic mass is 10.2. The molecule has 2 heterocycles. The number of amides is 1. The van der Waals surface area contributed by atoms with Gasteiger partial charge in [0.2, 0.25) is 5.91 Å². The summed E-state index contributed by atoms with van der Waals surface area (Å²) in [6, 6.07) is 23.4. The number of thioether (sulfide) groups is 1. The van der Waals surface area contributed by atoms with Crippen LogP contribution in [0.3, 0.4) is 0 Å². The molecule has 1 N–H and O–H groups in total. The summed E-state index contributed by atoms with van der Waals surface area (Å²) in [6.07, 6.45) is 0. The minimum atomic E-state index is -0.476. The molecule has 0 saturated carbocycles. The number of hydrogen-bond donors (Lipinski definition) is 1. The molecular weight excluding hydrogens is 413 g/mol. The largest absolute Gasteiger partial charge is 0.323 e. The minimum Gasteiger partial charge on any atom is -0.323 e. The van der Waals surface area contributed by atoms with E-state index in [2.05, 4.69) is 15.4 Å². The first-order chi connectivity index (χ1) is 15.2. The number of rotatable bonds is 5. The number of nitrogens with one attached hydrogen (secondary N) is 1. The molecule has 0 radical (unpaired) electrons. The van der Waals surface area contributed by atoms with Crippen molar-refractivity contribution in [2.45, 2.75) is 5.16 Å². The first-order valence-electron chi connectivity index (χ1n) is 9.57. The van der Waals surface area contributed by atoms with Gasteiger partial charge in [-0.25, -0.2) is 14.4 Å². The van der Waals surface area contributed by atoms with Crippen LogP contribution in [0.2, 0.25) is 0 Å². The van der Waals surface area contributed by atoms with E-state index in [1.807, 2.05) is 54.6 Å². The summed E-state index contributed by atoms with van der Waals surface area (Å²) in [5.74, 6) is -0.177. The molecule has 1 amide bonds. The lowest BCUT2D eigenvalue weighted by Gasteiger charge is -2.07. The number of aromatic nitrogens is 4.